The van der Waals surface area contributed by atoms with E-state index in [-0.39, 0.29) is 47.9 Å². The number of para-hydroxylation sites is 1. The van der Waals surface area contributed by atoms with Gasteiger partial charge < -0.3 is 35.4 Å². The number of benzene rings is 2. The van der Waals surface area contributed by atoms with Gasteiger partial charge in [0.15, 0.2) is 0 Å². The molecule has 4 aliphatic rings. The van der Waals surface area contributed by atoms with Gasteiger partial charge in [-0.25, -0.2) is 0 Å². The van der Waals surface area contributed by atoms with Crippen LogP contribution in [0.3, 0.4) is 0 Å². The Morgan fingerprint density at radius 2 is 1.82 bits per heavy atom. The van der Waals surface area contributed by atoms with E-state index in [0.29, 0.717) is 40.1 Å². The Bertz CT molecular complexity index is 1690. The van der Waals surface area contributed by atoms with Crippen molar-refractivity contribution in [3.05, 3.63) is 45.9 Å². The number of carbonyl (C=O) groups is 2. The maximum Gasteiger partial charge on any atom is 0.252 e. The van der Waals surface area contributed by atoms with Crippen LogP contribution in [0.25, 0.3) is 11.1 Å². The number of anilines is 1. The zero-order chi connectivity index (χ0) is 40.7. The van der Waals surface area contributed by atoms with Gasteiger partial charge in [0.05, 0.1) is 31.9 Å². The minimum absolute atomic E-state index is 0.0204. The maximum atomic E-state index is 14.3. The third-order valence-corrected chi connectivity index (χ3v) is 13.4. The van der Waals surface area contributed by atoms with E-state index in [0.717, 1.165) is 35.2 Å². The quantitative estimate of drug-likeness (QED) is 0.183. The standard InChI is InChI=1S/C43H66BrN5O6/c1-24-33-16-27(43(33,6)7)17-34(24)46-41(53)38-36(25(2)51)35(23-50)55-49(38)21-26-14-13-15-30(39(26)54-12)31-18-29(48(10)11)19-32(37(31)44)40(52)45-28(22-47(8)9)20-42(3,4)5/h13-15,18-19,24-25,27-28,33-36,38,50-51H,16-17,20-23H2,1-12H3,(H,45,52)(H,46,53)/t24-,25-,27-,28-,33+,34-,35-,36+,38-/m0/s1. The molecule has 0 aromatic heterocycles. The fourth-order valence-corrected chi connectivity index (χ4v) is 10.3. The molecule has 12 heteroatoms. The second kappa shape index (κ2) is 17.0. The maximum absolute atomic E-state index is 14.3. The van der Waals surface area contributed by atoms with Crippen molar-refractivity contribution in [2.45, 2.75) is 105 Å². The highest BCUT2D eigenvalue weighted by Gasteiger charge is 2.57. The van der Waals surface area contributed by atoms with Crippen LogP contribution in [0, 0.1) is 34.5 Å². The number of nitrogens with one attached hydrogen (secondary N) is 2. The Hall–Kier alpha value is -2.74. The Kier molecular flexibility index (Phi) is 13.4. The summed E-state index contributed by atoms with van der Waals surface area (Å²) in [6, 6.07) is 8.87. The van der Waals surface area contributed by atoms with Gasteiger partial charge in [-0.1, -0.05) is 59.7 Å². The number of ether oxygens (including phenoxy) is 1. The second-order valence-corrected chi connectivity index (χ2v) is 19.5. The lowest BCUT2D eigenvalue weighted by atomic mass is 9.45. The molecule has 2 bridgehead atoms. The molecule has 0 radical (unpaired) electrons. The van der Waals surface area contributed by atoms with Gasteiger partial charge in [0, 0.05) is 65.5 Å². The number of aliphatic hydroxyl groups is 2. The topological polar surface area (TPSA) is 127 Å². The van der Waals surface area contributed by atoms with Gasteiger partial charge in [0.25, 0.3) is 5.91 Å². The van der Waals surface area contributed by atoms with Gasteiger partial charge in [0.1, 0.15) is 17.9 Å². The first-order valence-corrected chi connectivity index (χ1v) is 20.6. The van der Waals surface area contributed by atoms with E-state index in [4.69, 9.17) is 9.57 Å². The van der Waals surface area contributed by atoms with E-state index < -0.39 is 24.2 Å². The number of hydrogen-bond acceptors (Lipinski definition) is 9. The van der Waals surface area contributed by atoms with Gasteiger partial charge in [0.2, 0.25) is 5.91 Å². The molecule has 1 heterocycles. The highest BCUT2D eigenvalue weighted by molar-refractivity contribution is 9.10. The largest absolute Gasteiger partial charge is 0.496 e. The van der Waals surface area contributed by atoms with Crippen molar-refractivity contribution < 1.29 is 29.4 Å². The Balaban J connectivity index is 1.48. The van der Waals surface area contributed by atoms with Gasteiger partial charge in [-0.05, 0) is 96.9 Å². The zero-order valence-electron chi connectivity index (χ0n) is 35.1. The molecule has 11 nitrogen and oxygen atoms in total. The third-order valence-electron chi connectivity index (χ3n) is 12.6. The summed E-state index contributed by atoms with van der Waals surface area (Å²) < 4.78 is 6.77. The van der Waals surface area contributed by atoms with Crippen molar-refractivity contribution >= 4 is 33.4 Å². The fourth-order valence-electron chi connectivity index (χ4n) is 9.65. The highest BCUT2D eigenvalue weighted by atomic mass is 79.9. The molecule has 9 atom stereocenters. The zero-order valence-corrected chi connectivity index (χ0v) is 36.7. The molecule has 2 amide bonds. The van der Waals surface area contributed by atoms with Gasteiger partial charge in [-0.2, -0.15) is 5.06 Å². The number of hydrogen-bond donors (Lipinski definition) is 4. The number of hydroxylamine groups is 2. The Labute approximate surface area is 337 Å². The van der Waals surface area contributed by atoms with E-state index in [9.17, 15) is 19.8 Å². The smallest absolute Gasteiger partial charge is 0.252 e. The van der Waals surface area contributed by atoms with E-state index in [1.54, 1.807) is 19.1 Å². The first kappa shape index (κ1) is 43.4. The number of halogens is 1. The molecule has 3 aliphatic carbocycles. The predicted molar refractivity (Wildman–Crippen MR) is 222 cm³/mol. The molecular formula is C43H66BrN5O6. The van der Waals surface area contributed by atoms with Gasteiger partial charge >= 0.3 is 0 Å². The molecule has 1 saturated heterocycles. The van der Waals surface area contributed by atoms with Crippen LogP contribution in [0.1, 0.15) is 83.7 Å². The normalized spacial score (nSPS) is 27.3. The number of amides is 2. The summed E-state index contributed by atoms with van der Waals surface area (Å²) in [4.78, 5) is 38.8. The van der Waals surface area contributed by atoms with Gasteiger partial charge in [-0.15, -0.1) is 0 Å². The molecule has 0 unspecified atom stereocenters. The Morgan fingerprint density at radius 1 is 1.13 bits per heavy atom. The third kappa shape index (κ3) is 9.20. The van der Waals surface area contributed by atoms with E-state index >= 15 is 0 Å². The van der Waals surface area contributed by atoms with E-state index in [2.05, 4.69) is 73.0 Å². The van der Waals surface area contributed by atoms with Crippen LogP contribution < -0.4 is 20.3 Å². The Morgan fingerprint density at radius 3 is 2.36 bits per heavy atom. The van der Waals surface area contributed by atoms with Crippen molar-refractivity contribution in [3.8, 4) is 16.9 Å². The van der Waals surface area contributed by atoms with Crippen molar-refractivity contribution in [3.63, 3.8) is 0 Å². The molecular weight excluding hydrogens is 762 g/mol. The van der Waals surface area contributed by atoms with E-state index in [1.165, 1.54) is 6.42 Å². The van der Waals surface area contributed by atoms with Crippen LogP contribution in [-0.4, -0.2) is 111 Å². The summed E-state index contributed by atoms with van der Waals surface area (Å²) >= 11 is 3.83. The lowest BCUT2D eigenvalue weighted by molar-refractivity contribution is -0.183. The number of methoxy groups -OCH3 is 1. The molecule has 2 aromatic carbocycles. The molecule has 306 valence electrons. The predicted octanol–water partition coefficient (Wildman–Crippen LogP) is 5.95. The minimum atomic E-state index is -0.905. The first-order chi connectivity index (χ1) is 25.7. The highest BCUT2D eigenvalue weighted by Crippen LogP contribution is 2.61. The van der Waals surface area contributed by atoms with Crippen molar-refractivity contribution in [1.82, 2.24) is 20.6 Å². The number of nitrogens with zero attached hydrogens (tertiary/aromatic N) is 3. The monoisotopic (exact) mass is 827 g/mol. The number of carbonyl (C=O) groups excluding carboxylic acids is 2. The molecule has 2 aromatic rings. The van der Waals surface area contributed by atoms with Crippen LogP contribution >= 0.6 is 15.9 Å². The summed E-state index contributed by atoms with van der Waals surface area (Å²) in [6.07, 6.45) is 1.27. The van der Waals surface area contributed by atoms with Crippen LogP contribution in [-0.2, 0) is 16.2 Å². The average molecular weight is 829 g/mol. The van der Waals surface area contributed by atoms with Crippen molar-refractivity contribution in [2.24, 2.45) is 34.5 Å². The van der Waals surface area contributed by atoms with E-state index in [1.807, 2.05) is 63.4 Å². The number of fused-ring (bicyclic) bond motifs is 2. The molecule has 4 fully saturated rings. The molecule has 55 heavy (non-hydrogen) atoms. The lowest BCUT2D eigenvalue weighted by Crippen LogP contribution is -2.62. The van der Waals surface area contributed by atoms with Crippen molar-refractivity contribution in [1.29, 1.82) is 0 Å². The van der Waals surface area contributed by atoms with Crippen LogP contribution in [0.4, 0.5) is 5.69 Å². The summed E-state index contributed by atoms with van der Waals surface area (Å²) in [5.41, 5.74) is 3.93. The summed E-state index contributed by atoms with van der Waals surface area (Å²) in [5.74, 6) is 0.993. The average Bonchev–Trinajstić information content (AvgIpc) is 3.46. The molecule has 0 spiro atoms. The van der Waals surface area contributed by atoms with Crippen LogP contribution in [0.2, 0.25) is 0 Å². The number of rotatable bonds is 14. The van der Waals surface area contributed by atoms with Crippen LogP contribution in [0.15, 0.2) is 34.8 Å². The van der Waals surface area contributed by atoms with Crippen LogP contribution in [0.5, 0.6) is 5.75 Å². The van der Waals surface area contributed by atoms with Crippen molar-refractivity contribution in [2.75, 3.05) is 53.4 Å². The van der Waals surface area contributed by atoms with Gasteiger partial charge in [-0.3, -0.25) is 14.4 Å². The molecule has 4 N–H and O–H groups in total. The minimum Gasteiger partial charge on any atom is -0.496 e. The second-order valence-electron chi connectivity index (χ2n) is 18.7. The SMILES string of the molecule is COc1c(CN2O[C@@H](CO)[C@@H]([C@H](C)O)[C@H]2C(=O)N[C@H]2C[C@@H]3C[C@H]([C@@H]2C)C3(C)C)cccc1-c1cc(N(C)C)cc(C(=O)N[C@H](CN(C)C)CC(C)(C)C)c1Br. The molecule has 6 rings (SSSR count). The lowest BCUT2D eigenvalue weighted by Gasteiger charge is -2.62. The summed E-state index contributed by atoms with van der Waals surface area (Å²) in [6.45, 7) is 15.6. The molecule has 1 aliphatic heterocycles. The summed E-state index contributed by atoms with van der Waals surface area (Å²) in [7, 11) is 9.52. The summed E-state index contributed by atoms with van der Waals surface area (Å²) in [5, 5.41) is 29.7. The number of likely N-dealkylation sites (N-methyl/N-ethyl adjacent to an activating group) is 1. The number of aliphatic hydroxyl groups excluding tert-OH is 2. The first-order valence-electron chi connectivity index (χ1n) is 19.8. The molecule has 3 saturated carbocycles. The fraction of sp³-hybridized carbons (Fsp3) is 0.674.